The largest absolute Gasteiger partial charge is 0.341 e. The fraction of sp³-hybridized carbons (Fsp3) is 0.143. The third kappa shape index (κ3) is 3.58. The molecule has 0 aliphatic carbocycles. The highest BCUT2D eigenvalue weighted by Crippen LogP contribution is 2.25. The van der Waals surface area contributed by atoms with E-state index in [1.165, 1.54) is 23.9 Å². The maximum atomic E-state index is 12.4. The van der Waals surface area contributed by atoms with Gasteiger partial charge in [0.25, 0.3) is 0 Å². The van der Waals surface area contributed by atoms with Gasteiger partial charge < -0.3 is 0 Å². The molecule has 0 unspecified atom stereocenters. The molecule has 0 N–H and O–H groups in total. The van der Waals surface area contributed by atoms with Crippen molar-refractivity contribution in [1.29, 1.82) is 0 Å². The number of hydrogen-bond donors (Lipinski definition) is 0. The number of halogens is 2. The van der Waals surface area contributed by atoms with Crippen LogP contribution in [0.4, 0.5) is 8.78 Å². The lowest BCUT2D eigenvalue weighted by Crippen LogP contribution is -2.11. The Morgan fingerprint density at radius 3 is 2.10 bits per heavy atom. The highest BCUT2D eigenvalue weighted by Gasteiger charge is 2.26. The van der Waals surface area contributed by atoms with Gasteiger partial charge in [-0.1, -0.05) is 30.3 Å². The molecule has 0 bridgehead atoms. The second-order valence-corrected chi connectivity index (χ2v) is 7.02. The van der Waals surface area contributed by atoms with Crippen LogP contribution in [0.3, 0.4) is 0 Å². The molecular formula is C14H12F2O2S2. The molecule has 2 aromatic carbocycles. The van der Waals surface area contributed by atoms with Crippen LogP contribution in [0.5, 0.6) is 0 Å². The average molecular weight is 314 g/mol. The summed E-state index contributed by atoms with van der Waals surface area (Å²) in [6, 6.07) is 15.3. The van der Waals surface area contributed by atoms with Crippen molar-refractivity contribution >= 4 is 21.6 Å². The van der Waals surface area contributed by atoms with Crippen molar-refractivity contribution < 1.29 is 17.2 Å². The zero-order valence-electron chi connectivity index (χ0n) is 10.4. The topological polar surface area (TPSA) is 34.1 Å². The number of alkyl halides is 2. The summed E-state index contributed by atoms with van der Waals surface area (Å²) in [7, 11) is -4.50. The second kappa shape index (κ2) is 6.37. The fourth-order valence-electron chi connectivity index (χ4n) is 1.57. The maximum absolute atomic E-state index is 12.4. The van der Waals surface area contributed by atoms with E-state index in [4.69, 9.17) is 0 Å². The Bertz CT molecular complexity index is 653. The van der Waals surface area contributed by atoms with Crippen LogP contribution in [0.1, 0.15) is 5.56 Å². The SMILES string of the molecule is O=S(=O)(c1ccc(SCc2ccccc2)cc1)C(F)F. The first-order chi connectivity index (χ1) is 9.50. The summed E-state index contributed by atoms with van der Waals surface area (Å²) in [6.07, 6.45) is 0. The second-order valence-electron chi connectivity index (χ2n) is 4.05. The first-order valence-corrected chi connectivity index (χ1v) is 8.32. The van der Waals surface area contributed by atoms with Gasteiger partial charge in [-0.25, -0.2) is 8.42 Å². The summed E-state index contributed by atoms with van der Waals surface area (Å²) >= 11 is 1.52. The molecule has 0 spiro atoms. The monoisotopic (exact) mass is 314 g/mol. The zero-order valence-corrected chi connectivity index (χ0v) is 12.0. The van der Waals surface area contributed by atoms with Gasteiger partial charge in [0.05, 0.1) is 4.90 Å². The van der Waals surface area contributed by atoms with Crippen LogP contribution in [0.15, 0.2) is 64.4 Å². The lowest BCUT2D eigenvalue weighted by atomic mass is 10.2. The molecule has 0 radical (unpaired) electrons. The van der Waals surface area contributed by atoms with E-state index in [2.05, 4.69) is 0 Å². The van der Waals surface area contributed by atoms with E-state index in [9.17, 15) is 17.2 Å². The molecule has 6 heteroatoms. The van der Waals surface area contributed by atoms with Crippen LogP contribution in [0.25, 0.3) is 0 Å². The van der Waals surface area contributed by atoms with Crippen molar-refractivity contribution in [1.82, 2.24) is 0 Å². The molecule has 0 aromatic heterocycles. The summed E-state index contributed by atoms with van der Waals surface area (Å²) < 4.78 is 47.3. The quantitative estimate of drug-likeness (QED) is 0.783. The Kier molecular flexibility index (Phi) is 4.77. The van der Waals surface area contributed by atoms with Gasteiger partial charge in [-0.05, 0) is 29.8 Å². The normalized spacial score (nSPS) is 11.8. The molecule has 106 valence electrons. The Morgan fingerprint density at radius 2 is 1.55 bits per heavy atom. The van der Waals surface area contributed by atoms with Crippen LogP contribution >= 0.6 is 11.8 Å². The van der Waals surface area contributed by atoms with Crippen molar-refractivity contribution in [3.8, 4) is 0 Å². The van der Waals surface area contributed by atoms with Crippen LogP contribution < -0.4 is 0 Å². The van der Waals surface area contributed by atoms with E-state index in [1.54, 1.807) is 12.1 Å². The highest BCUT2D eigenvalue weighted by molar-refractivity contribution is 7.98. The molecule has 0 saturated heterocycles. The minimum absolute atomic E-state index is 0.350. The first kappa shape index (κ1) is 15.0. The fourth-order valence-corrected chi connectivity index (χ4v) is 3.14. The van der Waals surface area contributed by atoms with Crippen LogP contribution in [-0.2, 0) is 15.6 Å². The van der Waals surface area contributed by atoms with E-state index in [-0.39, 0.29) is 4.90 Å². The molecule has 2 rings (SSSR count). The van der Waals surface area contributed by atoms with Gasteiger partial charge in [0.1, 0.15) is 0 Å². The number of rotatable bonds is 5. The standard InChI is InChI=1S/C14H12F2O2S2/c15-14(16)20(17,18)13-8-6-12(7-9-13)19-10-11-4-2-1-3-5-11/h1-9,14H,10H2. The number of benzene rings is 2. The first-order valence-electron chi connectivity index (χ1n) is 5.79. The smallest absolute Gasteiger partial charge is 0.218 e. The molecule has 0 atom stereocenters. The minimum atomic E-state index is -4.50. The summed E-state index contributed by atoms with van der Waals surface area (Å²) in [5.74, 6) is -2.65. The Labute approximate surface area is 120 Å². The van der Waals surface area contributed by atoms with Gasteiger partial charge >= 0.3 is 5.76 Å². The summed E-state index contributed by atoms with van der Waals surface area (Å²) in [5.41, 5.74) is 1.14. The number of thioether (sulfide) groups is 1. The molecule has 0 amide bonds. The number of sulfone groups is 1. The molecule has 0 aliphatic heterocycles. The molecule has 20 heavy (non-hydrogen) atoms. The van der Waals surface area contributed by atoms with Crippen LogP contribution in [0.2, 0.25) is 0 Å². The van der Waals surface area contributed by atoms with E-state index >= 15 is 0 Å². The lowest BCUT2D eigenvalue weighted by Gasteiger charge is -2.05. The van der Waals surface area contributed by atoms with E-state index in [0.29, 0.717) is 0 Å². The molecule has 0 heterocycles. The molecule has 0 fully saturated rings. The third-order valence-corrected chi connectivity index (χ3v) is 5.12. The molecule has 0 aliphatic rings. The van der Waals surface area contributed by atoms with Gasteiger partial charge in [0, 0.05) is 10.6 Å². The van der Waals surface area contributed by atoms with Crippen LogP contribution in [-0.4, -0.2) is 14.2 Å². The van der Waals surface area contributed by atoms with Crippen molar-refractivity contribution in [2.24, 2.45) is 0 Å². The summed E-state index contributed by atoms with van der Waals surface area (Å²) in [5, 5.41) is 0. The van der Waals surface area contributed by atoms with Crippen molar-refractivity contribution in [3.05, 3.63) is 60.2 Å². The third-order valence-electron chi connectivity index (χ3n) is 2.64. The van der Waals surface area contributed by atoms with Gasteiger partial charge in [-0.15, -0.1) is 11.8 Å². The Hall–Kier alpha value is -1.40. The molecule has 0 saturated carbocycles. The zero-order chi connectivity index (χ0) is 14.6. The van der Waals surface area contributed by atoms with Gasteiger partial charge in [-0.3, -0.25) is 0 Å². The maximum Gasteiger partial charge on any atom is 0.341 e. The van der Waals surface area contributed by atoms with Crippen molar-refractivity contribution in [3.63, 3.8) is 0 Å². The number of hydrogen-bond acceptors (Lipinski definition) is 3. The Morgan fingerprint density at radius 1 is 0.950 bits per heavy atom. The molecule has 2 aromatic rings. The van der Waals surface area contributed by atoms with E-state index < -0.39 is 15.6 Å². The highest BCUT2D eigenvalue weighted by atomic mass is 32.2. The van der Waals surface area contributed by atoms with E-state index in [1.807, 2.05) is 30.3 Å². The Balaban J connectivity index is 2.06. The predicted octanol–water partition coefficient (Wildman–Crippen LogP) is 3.98. The van der Waals surface area contributed by atoms with Gasteiger partial charge in [0.15, 0.2) is 0 Å². The summed E-state index contributed by atoms with van der Waals surface area (Å²) in [6.45, 7) is 0. The lowest BCUT2D eigenvalue weighted by molar-refractivity contribution is 0.234. The van der Waals surface area contributed by atoms with Gasteiger partial charge in [0.2, 0.25) is 9.84 Å². The van der Waals surface area contributed by atoms with Crippen LogP contribution in [0, 0.1) is 0 Å². The van der Waals surface area contributed by atoms with E-state index in [0.717, 1.165) is 16.2 Å². The molecule has 2 nitrogen and oxygen atoms in total. The predicted molar refractivity (Wildman–Crippen MR) is 75.6 cm³/mol. The molecular weight excluding hydrogens is 302 g/mol. The van der Waals surface area contributed by atoms with Crippen molar-refractivity contribution in [2.45, 2.75) is 21.3 Å². The van der Waals surface area contributed by atoms with Gasteiger partial charge in [-0.2, -0.15) is 8.78 Å². The van der Waals surface area contributed by atoms with Crippen molar-refractivity contribution in [2.75, 3.05) is 0 Å². The summed E-state index contributed by atoms with van der Waals surface area (Å²) in [4.78, 5) is 0.485. The average Bonchev–Trinajstić information content (AvgIpc) is 2.46. The minimum Gasteiger partial charge on any atom is -0.218 e.